The molecule has 0 radical (unpaired) electrons. The molecule has 0 saturated carbocycles. The molecule has 0 bridgehead atoms. The molecule has 2 rings (SSSR count). The molecular weight excluding hydrogens is 272 g/mol. The van der Waals surface area contributed by atoms with E-state index in [2.05, 4.69) is 10.4 Å². The number of amides is 1. The van der Waals surface area contributed by atoms with E-state index in [1.54, 1.807) is 11.6 Å². The summed E-state index contributed by atoms with van der Waals surface area (Å²) in [6.45, 7) is 6.18. The smallest absolute Gasteiger partial charge is 0.269 e. The molecule has 1 aromatic heterocycles. The highest BCUT2D eigenvalue weighted by molar-refractivity contribution is 6.05. The molecule has 7 heteroatoms. The van der Waals surface area contributed by atoms with E-state index in [1.165, 1.54) is 24.4 Å². The van der Waals surface area contributed by atoms with Crippen molar-refractivity contribution < 1.29 is 9.72 Å². The lowest BCUT2D eigenvalue weighted by molar-refractivity contribution is -0.384. The number of aryl methyl sites for hydroxylation is 2. The van der Waals surface area contributed by atoms with Crippen LogP contribution in [0.3, 0.4) is 0 Å². The molecule has 1 aromatic carbocycles. The Kier molecular flexibility index (Phi) is 4.02. The van der Waals surface area contributed by atoms with Crippen molar-refractivity contribution in [2.24, 2.45) is 0 Å². The molecule has 0 spiro atoms. The molecule has 110 valence electrons. The van der Waals surface area contributed by atoms with Crippen LogP contribution < -0.4 is 5.32 Å². The number of anilines is 1. The van der Waals surface area contributed by atoms with Gasteiger partial charge in [0.05, 0.1) is 16.7 Å². The maximum Gasteiger partial charge on any atom is 0.269 e. The topological polar surface area (TPSA) is 90.1 Å². The van der Waals surface area contributed by atoms with E-state index >= 15 is 0 Å². The van der Waals surface area contributed by atoms with Gasteiger partial charge in [-0.2, -0.15) is 5.10 Å². The molecule has 0 aliphatic carbocycles. The summed E-state index contributed by atoms with van der Waals surface area (Å²) >= 11 is 0. The first-order valence-corrected chi connectivity index (χ1v) is 6.52. The average molecular weight is 288 g/mol. The molecule has 1 N–H and O–H groups in total. The number of hydrogen-bond acceptors (Lipinski definition) is 4. The van der Waals surface area contributed by atoms with Crippen molar-refractivity contribution in [3.05, 3.63) is 51.3 Å². The lowest BCUT2D eigenvalue weighted by atomic mass is 10.1. The SMILES string of the molecule is CCn1ncc(C(=O)Nc2ccc([N+](=O)[O-])cc2C)c1C. The van der Waals surface area contributed by atoms with Crippen LogP contribution in [0.1, 0.15) is 28.5 Å². The molecule has 0 fully saturated rings. The number of benzene rings is 1. The van der Waals surface area contributed by atoms with Crippen LogP contribution in [-0.4, -0.2) is 20.6 Å². The number of nitrogens with zero attached hydrogens (tertiary/aromatic N) is 3. The maximum atomic E-state index is 12.2. The Morgan fingerprint density at radius 1 is 1.43 bits per heavy atom. The summed E-state index contributed by atoms with van der Waals surface area (Å²) in [5.74, 6) is -0.274. The zero-order valence-electron chi connectivity index (χ0n) is 12.1. The molecule has 0 unspecified atom stereocenters. The van der Waals surface area contributed by atoms with Gasteiger partial charge in [-0.15, -0.1) is 0 Å². The zero-order chi connectivity index (χ0) is 15.6. The Labute approximate surface area is 121 Å². The predicted molar refractivity (Wildman–Crippen MR) is 78.4 cm³/mol. The van der Waals surface area contributed by atoms with E-state index in [9.17, 15) is 14.9 Å². The fourth-order valence-electron chi connectivity index (χ4n) is 2.08. The highest BCUT2D eigenvalue weighted by Crippen LogP contribution is 2.22. The third-order valence-corrected chi connectivity index (χ3v) is 3.32. The predicted octanol–water partition coefficient (Wildman–Crippen LogP) is 2.68. The van der Waals surface area contributed by atoms with E-state index < -0.39 is 4.92 Å². The minimum absolute atomic E-state index is 0.000446. The molecule has 7 nitrogen and oxygen atoms in total. The summed E-state index contributed by atoms with van der Waals surface area (Å²) in [5, 5.41) is 17.6. The van der Waals surface area contributed by atoms with Crippen LogP contribution in [0.15, 0.2) is 24.4 Å². The van der Waals surface area contributed by atoms with Gasteiger partial charge in [-0.25, -0.2) is 0 Å². The number of carbonyl (C=O) groups excluding carboxylic acids is 1. The standard InChI is InChI=1S/C14H16N4O3/c1-4-17-10(3)12(8-15-17)14(19)16-13-6-5-11(18(20)21)7-9(13)2/h5-8H,4H2,1-3H3,(H,16,19). The highest BCUT2D eigenvalue weighted by Gasteiger charge is 2.15. The molecule has 0 saturated heterocycles. The Morgan fingerprint density at radius 3 is 2.67 bits per heavy atom. The van der Waals surface area contributed by atoms with Crippen LogP contribution in [0.4, 0.5) is 11.4 Å². The van der Waals surface area contributed by atoms with Gasteiger partial charge in [0.1, 0.15) is 0 Å². The van der Waals surface area contributed by atoms with Gasteiger partial charge in [0, 0.05) is 30.1 Å². The maximum absolute atomic E-state index is 12.2. The second-order valence-electron chi connectivity index (χ2n) is 4.67. The largest absolute Gasteiger partial charge is 0.322 e. The molecular formula is C14H16N4O3. The third-order valence-electron chi connectivity index (χ3n) is 3.32. The molecule has 1 amide bonds. The second kappa shape index (κ2) is 5.74. The van der Waals surface area contributed by atoms with Crippen LogP contribution in [-0.2, 0) is 6.54 Å². The van der Waals surface area contributed by atoms with Gasteiger partial charge in [-0.1, -0.05) is 0 Å². The van der Waals surface area contributed by atoms with Crippen molar-refractivity contribution in [1.29, 1.82) is 0 Å². The number of aromatic nitrogens is 2. The lowest BCUT2D eigenvalue weighted by Crippen LogP contribution is -2.14. The van der Waals surface area contributed by atoms with Crippen molar-refractivity contribution in [1.82, 2.24) is 9.78 Å². The number of rotatable bonds is 4. The summed E-state index contributed by atoms with van der Waals surface area (Å²) < 4.78 is 1.73. The van der Waals surface area contributed by atoms with Crippen molar-refractivity contribution in [2.45, 2.75) is 27.3 Å². The van der Waals surface area contributed by atoms with Crippen molar-refractivity contribution in [3.63, 3.8) is 0 Å². The minimum atomic E-state index is -0.464. The van der Waals surface area contributed by atoms with Crippen LogP contribution >= 0.6 is 0 Å². The molecule has 0 aliphatic heterocycles. The van der Waals surface area contributed by atoms with E-state index in [1.807, 2.05) is 13.8 Å². The Morgan fingerprint density at radius 2 is 2.14 bits per heavy atom. The van der Waals surface area contributed by atoms with Gasteiger partial charge in [-0.05, 0) is 32.4 Å². The molecule has 21 heavy (non-hydrogen) atoms. The summed E-state index contributed by atoms with van der Waals surface area (Å²) in [4.78, 5) is 22.5. The second-order valence-corrected chi connectivity index (χ2v) is 4.67. The number of carbonyl (C=O) groups is 1. The molecule has 0 atom stereocenters. The summed E-state index contributed by atoms with van der Waals surface area (Å²) in [6.07, 6.45) is 1.52. The monoisotopic (exact) mass is 288 g/mol. The number of nitro benzene ring substituents is 1. The van der Waals surface area contributed by atoms with Crippen LogP contribution in [0, 0.1) is 24.0 Å². The first-order chi connectivity index (χ1) is 9.93. The fourth-order valence-corrected chi connectivity index (χ4v) is 2.08. The van der Waals surface area contributed by atoms with Gasteiger partial charge in [0.2, 0.25) is 0 Å². The summed E-state index contributed by atoms with van der Waals surface area (Å²) in [5.41, 5.74) is 2.47. The van der Waals surface area contributed by atoms with Crippen molar-refractivity contribution in [3.8, 4) is 0 Å². The van der Waals surface area contributed by atoms with Gasteiger partial charge in [-0.3, -0.25) is 19.6 Å². The molecule has 0 aliphatic rings. The number of nitro groups is 1. The van der Waals surface area contributed by atoms with Gasteiger partial charge in [0.25, 0.3) is 11.6 Å². The van der Waals surface area contributed by atoms with E-state index in [0.29, 0.717) is 23.4 Å². The Bertz CT molecular complexity index is 706. The summed E-state index contributed by atoms with van der Waals surface area (Å²) in [7, 11) is 0. The number of hydrogen-bond donors (Lipinski definition) is 1. The van der Waals surface area contributed by atoms with Crippen LogP contribution in [0.2, 0.25) is 0 Å². The lowest BCUT2D eigenvalue weighted by Gasteiger charge is -2.08. The number of nitrogens with one attached hydrogen (secondary N) is 1. The summed E-state index contributed by atoms with van der Waals surface area (Å²) in [6, 6.07) is 4.33. The third kappa shape index (κ3) is 2.91. The first-order valence-electron chi connectivity index (χ1n) is 6.52. The number of non-ortho nitro benzene ring substituents is 1. The first kappa shape index (κ1) is 14.7. The minimum Gasteiger partial charge on any atom is -0.322 e. The van der Waals surface area contributed by atoms with Crippen LogP contribution in [0.25, 0.3) is 0 Å². The van der Waals surface area contributed by atoms with Crippen molar-refractivity contribution in [2.75, 3.05) is 5.32 Å². The van der Waals surface area contributed by atoms with Gasteiger partial charge >= 0.3 is 0 Å². The Balaban J connectivity index is 2.23. The van der Waals surface area contributed by atoms with Gasteiger partial charge in [0.15, 0.2) is 0 Å². The normalized spacial score (nSPS) is 10.4. The van der Waals surface area contributed by atoms with Crippen molar-refractivity contribution >= 4 is 17.3 Å². The highest BCUT2D eigenvalue weighted by atomic mass is 16.6. The van der Waals surface area contributed by atoms with E-state index in [-0.39, 0.29) is 11.6 Å². The van der Waals surface area contributed by atoms with Crippen LogP contribution in [0.5, 0.6) is 0 Å². The molecule has 1 heterocycles. The molecule has 2 aromatic rings. The fraction of sp³-hybridized carbons (Fsp3) is 0.286. The van der Waals surface area contributed by atoms with E-state index in [4.69, 9.17) is 0 Å². The zero-order valence-corrected chi connectivity index (χ0v) is 12.1. The van der Waals surface area contributed by atoms with E-state index in [0.717, 1.165) is 5.69 Å². The quantitative estimate of drug-likeness (QED) is 0.691. The Hall–Kier alpha value is -2.70. The average Bonchev–Trinajstić information content (AvgIpc) is 2.81. The van der Waals surface area contributed by atoms with Gasteiger partial charge < -0.3 is 5.32 Å².